The number of guanidine groups is 1. The van der Waals surface area contributed by atoms with E-state index in [2.05, 4.69) is 64.2 Å². The van der Waals surface area contributed by atoms with Crippen molar-refractivity contribution in [1.82, 2.24) is 15.1 Å². The van der Waals surface area contributed by atoms with Crippen molar-refractivity contribution in [3.63, 3.8) is 0 Å². The van der Waals surface area contributed by atoms with Crippen molar-refractivity contribution in [3.8, 4) is 0 Å². The van der Waals surface area contributed by atoms with Crippen LogP contribution in [-0.2, 0) is 4.74 Å². The number of nitrogens with one attached hydrogen (secondary N) is 1. The van der Waals surface area contributed by atoms with Gasteiger partial charge in [0.1, 0.15) is 0 Å². The third-order valence-corrected chi connectivity index (χ3v) is 5.26. The van der Waals surface area contributed by atoms with Crippen molar-refractivity contribution >= 4 is 11.6 Å². The van der Waals surface area contributed by atoms with Crippen LogP contribution >= 0.6 is 0 Å². The minimum Gasteiger partial charge on any atom is -0.379 e. The van der Waals surface area contributed by atoms with Gasteiger partial charge in [-0.1, -0.05) is 25.1 Å². The summed E-state index contributed by atoms with van der Waals surface area (Å²) in [5.41, 5.74) is 1.32. The topological polar surface area (TPSA) is 43.3 Å². The van der Waals surface area contributed by atoms with Crippen LogP contribution in [0.3, 0.4) is 0 Å². The summed E-state index contributed by atoms with van der Waals surface area (Å²) < 4.78 is 5.44. The molecule has 1 aromatic rings. The van der Waals surface area contributed by atoms with Crippen LogP contribution in [0.2, 0.25) is 0 Å². The largest absolute Gasteiger partial charge is 0.379 e. The van der Waals surface area contributed by atoms with Gasteiger partial charge in [-0.05, 0) is 25.0 Å². The predicted octanol–water partition coefficient (Wildman–Crippen LogP) is 1.74. The Kier molecular flexibility index (Phi) is 7.78. The highest BCUT2D eigenvalue weighted by molar-refractivity contribution is 5.80. The average molecular weight is 374 g/mol. The molecule has 0 amide bonds. The Morgan fingerprint density at radius 1 is 1.07 bits per heavy atom. The molecule has 27 heavy (non-hydrogen) atoms. The summed E-state index contributed by atoms with van der Waals surface area (Å²) in [7, 11) is 0. The Hall–Kier alpha value is -1.79. The second-order valence-electron chi connectivity index (χ2n) is 7.52. The zero-order valence-corrected chi connectivity index (χ0v) is 16.9. The summed E-state index contributed by atoms with van der Waals surface area (Å²) in [6.07, 6.45) is 0. The van der Waals surface area contributed by atoms with Gasteiger partial charge < -0.3 is 19.9 Å². The number of morpholine rings is 1. The molecule has 0 radical (unpaired) electrons. The van der Waals surface area contributed by atoms with E-state index in [1.165, 1.54) is 5.69 Å². The van der Waals surface area contributed by atoms with Crippen LogP contribution in [0.5, 0.6) is 0 Å². The molecule has 2 fully saturated rings. The average Bonchev–Trinajstić information content (AvgIpc) is 2.73. The van der Waals surface area contributed by atoms with Gasteiger partial charge in [0.2, 0.25) is 0 Å². The van der Waals surface area contributed by atoms with Crippen LogP contribution in [-0.4, -0.2) is 87.9 Å². The summed E-state index contributed by atoms with van der Waals surface area (Å²) in [5, 5.41) is 3.49. The standard InChI is InChI=1S/C21H35N5O/c1-3-22-21(23-17-19(2)18-24-13-15-27-16-14-24)26-11-9-25(10-12-26)20-7-5-4-6-8-20/h4-8,19H,3,9-18H2,1-2H3,(H,22,23). The third-order valence-electron chi connectivity index (χ3n) is 5.26. The molecule has 6 heteroatoms. The maximum atomic E-state index is 5.44. The molecule has 1 N–H and O–H groups in total. The Morgan fingerprint density at radius 2 is 1.78 bits per heavy atom. The number of aliphatic imine (C=N–C) groups is 1. The molecule has 0 aliphatic carbocycles. The van der Waals surface area contributed by atoms with Gasteiger partial charge >= 0.3 is 0 Å². The Bertz CT molecular complexity index is 565. The minimum atomic E-state index is 0.558. The number of piperazine rings is 1. The van der Waals surface area contributed by atoms with E-state index < -0.39 is 0 Å². The quantitative estimate of drug-likeness (QED) is 0.608. The fraction of sp³-hybridized carbons (Fsp3) is 0.667. The van der Waals surface area contributed by atoms with Gasteiger partial charge in [-0.15, -0.1) is 0 Å². The molecule has 0 aromatic heterocycles. The Labute approximate surface area is 164 Å². The monoisotopic (exact) mass is 373 g/mol. The summed E-state index contributed by atoms with van der Waals surface area (Å²) in [6, 6.07) is 10.7. The van der Waals surface area contributed by atoms with Gasteiger partial charge in [0.05, 0.1) is 13.2 Å². The van der Waals surface area contributed by atoms with Crippen molar-refractivity contribution < 1.29 is 4.74 Å². The molecular weight excluding hydrogens is 338 g/mol. The third kappa shape index (κ3) is 6.11. The highest BCUT2D eigenvalue weighted by Crippen LogP contribution is 2.15. The van der Waals surface area contributed by atoms with Crippen molar-refractivity contribution in [1.29, 1.82) is 0 Å². The van der Waals surface area contributed by atoms with E-state index in [0.29, 0.717) is 5.92 Å². The molecule has 1 aromatic carbocycles. The molecule has 150 valence electrons. The number of hydrogen-bond acceptors (Lipinski definition) is 4. The minimum absolute atomic E-state index is 0.558. The molecule has 2 saturated heterocycles. The molecular formula is C21H35N5O. The molecule has 0 saturated carbocycles. The van der Waals surface area contributed by atoms with E-state index in [9.17, 15) is 0 Å². The van der Waals surface area contributed by atoms with Gasteiger partial charge in [-0.3, -0.25) is 9.89 Å². The maximum absolute atomic E-state index is 5.44. The van der Waals surface area contributed by atoms with E-state index in [4.69, 9.17) is 9.73 Å². The number of para-hydroxylation sites is 1. The first kappa shape index (κ1) is 20.0. The van der Waals surface area contributed by atoms with Gasteiger partial charge in [0.25, 0.3) is 0 Å². The smallest absolute Gasteiger partial charge is 0.194 e. The molecule has 0 spiro atoms. The predicted molar refractivity (Wildman–Crippen MR) is 113 cm³/mol. The maximum Gasteiger partial charge on any atom is 0.194 e. The summed E-state index contributed by atoms with van der Waals surface area (Å²) in [5.74, 6) is 1.63. The lowest BCUT2D eigenvalue weighted by Gasteiger charge is -2.38. The van der Waals surface area contributed by atoms with Crippen LogP contribution in [0.1, 0.15) is 13.8 Å². The molecule has 1 atom stereocenters. The second-order valence-corrected chi connectivity index (χ2v) is 7.52. The van der Waals surface area contributed by atoms with Gasteiger partial charge in [-0.25, -0.2) is 0 Å². The highest BCUT2D eigenvalue weighted by atomic mass is 16.5. The Morgan fingerprint density at radius 3 is 2.44 bits per heavy atom. The van der Waals surface area contributed by atoms with Crippen LogP contribution in [0.15, 0.2) is 35.3 Å². The lowest BCUT2D eigenvalue weighted by molar-refractivity contribution is 0.0323. The van der Waals surface area contributed by atoms with Crippen LogP contribution in [0.25, 0.3) is 0 Å². The number of ether oxygens (including phenoxy) is 1. The lowest BCUT2D eigenvalue weighted by Crippen LogP contribution is -2.52. The molecule has 2 aliphatic rings. The highest BCUT2D eigenvalue weighted by Gasteiger charge is 2.20. The van der Waals surface area contributed by atoms with Crippen LogP contribution < -0.4 is 10.2 Å². The number of nitrogens with zero attached hydrogens (tertiary/aromatic N) is 4. The van der Waals surface area contributed by atoms with Crippen LogP contribution in [0, 0.1) is 5.92 Å². The molecule has 2 heterocycles. The fourth-order valence-electron chi connectivity index (χ4n) is 3.77. The molecule has 6 nitrogen and oxygen atoms in total. The van der Waals surface area contributed by atoms with Gasteiger partial charge in [-0.2, -0.15) is 0 Å². The number of hydrogen-bond donors (Lipinski definition) is 1. The number of benzene rings is 1. The molecule has 2 aliphatic heterocycles. The van der Waals surface area contributed by atoms with E-state index in [0.717, 1.165) is 78.1 Å². The van der Waals surface area contributed by atoms with Gasteiger partial charge in [0.15, 0.2) is 5.96 Å². The molecule has 0 bridgehead atoms. The first-order valence-corrected chi connectivity index (χ1v) is 10.4. The summed E-state index contributed by atoms with van der Waals surface area (Å²) >= 11 is 0. The first-order valence-electron chi connectivity index (χ1n) is 10.4. The number of anilines is 1. The van der Waals surface area contributed by atoms with E-state index in [1.807, 2.05) is 0 Å². The SMILES string of the molecule is CCNC(=NCC(C)CN1CCOCC1)N1CCN(c2ccccc2)CC1. The van der Waals surface area contributed by atoms with E-state index in [-0.39, 0.29) is 0 Å². The fourth-order valence-corrected chi connectivity index (χ4v) is 3.77. The summed E-state index contributed by atoms with van der Waals surface area (Å²) in [4.78, 5) is 12.3. The normalized spacial score (nSPS) is 20.6. The van der Waals surface area contributed by atoms with E-state index >= 15 is 0 Å². The lowest BCUT2D eigenvalue weighted by atomic mass is 10.1. The zero-order chi connectivity index (χ0) is 18.9. The van der Waals surface area contributed by atoms with E-state index in [1.54, 1.807) is 0 Å². The van der Waals surface area contributed by atoms with Crippen molar-refractivity contribution in [2.24, 2.45) is 10.9 Å². The van der Waals surface area contributed by atoms with Crippen LogP contribution in [0.4, 0.5) is 5.69 Å². The second kappa shape index (κ2) is 10.5. The van der Waals surface area contributed by atoms with Gasteiger partial charge in [0, 0.05) is 64.6 Å². The van der Waals surface area contributed by atoms with Crippen molar-refractivity contribution in [2.75, 3.05) is 77.0 Å². The molecule has 1 unspecified atom stereocenters. The van der Waals surface area contributed by atoms with Crippen molar-refractivity contribution in [2.45, 2.75) is 13.8 Å². The zero-order valence-electron chi connectivity index (χ0n) is 16.9. The van der Waals surface area contributed by atoms with Crippen molar-refractivity contribution in [3.05, 3.63) is 30.3 Å². The molecule has 3 rings (SSSR count). The first-order chi connectivity index (χ1) is 13.3. The number of rotatable bonds is 6. The summed E-state index contributed by atoms with van der Waals surface area (Å²) in [6.45, 7) is 15.3. The Balaban J connectivity index is 1.50.